The number of nitrogens with one attached hydrogen (secondary N) is 1. The molecule has 0 bridgehead atoms. The number of aromatic nitrogens is 1. The average Bonchev–Trinajstić information content (AvgIpc) is 3.49. The quantitative estimate of drug-likeness (QED) is 0.329. The number of fused-ring (bicyclic) bond motifs is 1. The van der Waals surface area contributed by atoms with Crippen molar-refractivity contribution in [3.05, 3.63) is 102 Å². The second-order valence-corrected chi connectivity index (χ2v) is 7.40. The molecule has 0 saturated heterocycles. The molecular weight excluding hydrogens is 439 g/mol. The van der Waals surface area contributed by atoms with Crippen molar-refractivity contribution in [2.75, 3.05) is 12.4 Å². The van der Waals surface area contributed by atoms with Crippen LogP contribution < -0.4 is 10.1 Å². The molecule has 0 saturated carbocycles. The predicted octanol–water partition coefficient (Wildman–Crippen LogP) is 5.72. The zero-order valence-electron chi connectivity index (χ0n) is 17.9. The first-order valence-electron chi connectivity index (χ1n) is 10.3. The zero-order valence-corrected chi connectivity index (χ0v) is 17.9. The van der Waals surface area contributed by atoms with Gasteiger partial charge in [-0.15, -0.1) is 0 Å². The molecule has 2 aromatic heterocycles. The van der Waals surface area contributed by atoms with E-state index in [-0.39, 0.29) is 22.7 Å². The minimum absolute atomic E-state index is 0.00598. The SMILES string of the molecule is COc1ccc(-c2cc(C(=O)Nc3oc4ccccc4c3C(=O)c3ccc(F)cc3)no2)cc1. The number of amides is 1. The van der Waals surface area contributed by atoms with Crippen molar-refractivity contribution in [3.8, 4) is 17.1 Å². The fourth-order valence-electron chi connectivity index (χ4n) is 3.55. The smallest absolute Gasteiger partial charge is 0.280 e. The number of ketones is 1. The van der Waals surface area contributed by atoms with Gasteiger partial charge in [-0.2, -0.15) is 0 Å². The summed E-state index contributed by atoms with van der Waals surface area (Å²) in [5.41, 5.74) is 1.55. The van der Waals surface area contributed by atoms with Crippen molar-refractivity contribution in [2.45, 2.75) is 0 Å². The standard InChI is InChI=1S/C26H17FN2O5/c1-32-18-12-8-15(9-13-18)22-14-20(29-34-22)25(31)28-26-23(19-4-2-3-5-21(19)33-26)24(30)16-6-10-17(27)11-7-16/h2-14H,1H3,(H,28,31). The number of anilines is 1. The van der Waals surface area contributed by atoms with Crippen LogP contribution in [0.2, 0.25) is 0 Å². The summed E-state index contributed by atoms with van der Waals surface area (Å²) in [5, 5.41) is 6.98. The molecule has 5 rings (SSSR count). The third-order valence-electron chi connectivity index (χ3n) is 5.27. The largest absolute Gasteiger partial charge is 0.497 e. The molecule has 0 atom stereocenters. The van der Waals surface area contributed by atoms with E-state index >= 15 is 0 Å². The minimum Gasteiger partial charge on any atom is -0.497 e. The van der Waals surface area contributed by atoms with E-state index in [1.165, 1.54) is 30.3 Å². The van der Waals surface area contributed by atoms with E-state index in [2.05, 4.69) is 10.5 Å². The van der Waals surface area contributed by atoms with E-state index in [0.29, 0.717) is 28.0 Å². The highest BCUT2D eigenvalue weighted by molar-refractivity contribution is 6.21. The second-order valence-electron chi connectivity index (χ2n) is 7.40. The van der Waals surface area contributed by atoms with Crippen molar-refractivity contribution in [1.29, 1.82) is 0 Å². The Bertz CT molecular complexity index is 1500. The van der Waals surface area contributed by atoms with Crippen molar-refractivity contribution < 1.29 is 27.7 Å². The molecule has 8 heteroatoms. The molecule has 0 aliphatic rings. The number of carbonyl (C=O) groups is 2. The van der Waals surface area contributed by atoms with Gasteiger partial charge in [-0.05, 0) is 54.6 Å². The van der Waals surface area contributed by atoms with Crippen molar-refractivity contribution >= 4 is 28.5 Å². The molecule has 1 N–H and O–H groups in total. The molecule has 0 aliphatic heterocycles. The van der Waals surface area contributed by atoms with Crippen molar-refractivity contribution in [3.63, 3.8) is 0 Å². The summed E-state index contributed by atoms with van der Waals surface area (Å²) in [6.07, 6.45) is 0. The number of furan rings is 1. The second kappa shape index (κ2) is 8.67. The third-order valence-corrected chi connectivity index (χ3v) is 5.27. The van der Waals surface area contributed by atoms with Gasteiger partial charge in [0, 0.05) is 22.6 Å². The van der Waals surface area contributed by atoms with Crippen LogP contribution in [0.5, 0.6) is 5.75 Å². The molecule has 0 unspecified atom stereocenters. The van der Waals surface area contributed by atoms with Gasteiger partial charge in [0.15, 0.2) is 17.2 Å². The molecule has 0 radical (unpaired) electrons. The molecule has 7 nitrogen and oxygen atoms in total. The van der Waals surface area contributed by atoms with Crippen LogP contribution in [0.3, 0.4) is 0 Å². The first-order chi connectivity index (χ1) is 16.5. The van der Waals surface area contributed by atoms with E-state index < -0.39 is 17.5 Å². The van der Waals surface area contributed by atoms with E-state index in [1.807, 2.05) is 0 Å². The Balaban J connectivity index is 1.46. The normalized spacial score (nSPS) is 10.9. The highest BCUT2D eigenvalue weighted by atomic mass is 19.1. The Morgan fingerprint density at radius 1 is 0.971 bits per heavy atom. The Labute approximate surface area is 192 Å². The number of rotatable bonds is 6. The van der Waals surface area contributed by atoms with E-state index in [0.717, 1.165) is 0 Å². The van der Waals surface area contributed by atoms with Gasteiger partial charge in [0.25, 0.3) is 5.91 Å². The van der Waals surface area contributed by atoms with Gasteiger partial charge in [-0.25, -0.2) is 4.39 Å². The lowest BCUT2D eigenvalue weighted by atomic mass is 10.0. The summed E-state index contributed by atoms with van der Waals surface area (Å²) in [4.78, 5) is 26.2. The summed E-state index contributed by atoms with van der Waals surface area (Å²) < 4.78 is 29.6. The first kappa shape index (κ1) is 21.1. The van der Waals surface area contributed by atoms with Crippen LogP contribution in [0.15, 0.2) is 87.8 Å². The van der Waals surface area contributed by atoms with Gasteiger partial charge in [0.2, 0.25) is 5.88 Å². The molecule has 0 aliphatic carbocycles. The van der Waals surface area contributed by atoms with Crippen molar-refractivity contribution in [1.82, 2.24) is 5.16 Å². The molecule has 0 fully saturated rings. The Kier molecular flexibility index (Phi) is 5.39. The van der Waals surface area contributed by atoms with Gasteiger partial charge >= 0.3 is 0 Å². The van der Waals surface area contributed by atoms with Crippen LogP contribution in [0.4, 0.5) is 10.3 Å². The maximum Gasteiger partial charge on any atom is 0.280 e. The Morgan fingerprint density at radius 3 is 2.44 bits per heavy atom. The maximum absolute atomic E-state index is 13.3. The van der Waals surface area contributed by atoms with E-state index in [4.69, 9.17) is 13.7 Å². The van der Waals surface area contributed by atoms with Crippen LogP contribution in [0.25, 0.3) is 22.3 Å². The van der Waals surface area contributed by atoms with Crippen molar-refractivity contribution in [2.24, 2.45) is 0 Å². The van der Waals surface area contributed by atoms with Gasteiger partial charge < -0.3 is 13.7 Å². The summed E-state index contributed by atoms with van der Waals surface area (Å²) in [6.45, 7) is 0. The van der Waals surface area contributed by atoms with E-state index in [9.17, 15) is 14.0 Å². The maximum atomic E-state index is 13.3. The summed E-state index contributed by atoms with van der Waals surface area (Å²) in [5.74, 6) is -0.449. The minimum atomic E-state index is -0.615. The topological polar surface area (TPSA) is 94.6 Å². The first-order valence-corrected chi connectivity index (χ1v) is 10.3. The monoisotopic (exact) mass is 456 g/mol. The van der Waals surface area contributed by atoms with Crippen LogP contribution in [0.1, 0.15) is 26.4 Å². The Hall–Kier alpha value is -4.72. The molecular formula is C26H17FN2O5. The lowest BCUT2D eigenvalue weighted by molar-refractivity contribution is 0.101. The van der Waals surface area contributed by atoms with E-state index in [1.54, 1.807) is 55.6 Å². The lowest BCUT2D eigenvalue weighted by Gasteiger charge is -2.04. The number of nitrogens with zero attached hydrogens (tertiary/aromatic N) is 1. The molecule has 0 spiro atoms. The molecule has 168 valence electrons. The molecule has 2 heterocycles. The fraction of sp³-hybridized carbons (Fsp3) is 0.0385. The summed E-state index contributed by atoms with van der Waals surface area (Å²) >= 11 is 0. The highest BCUT2D eigenvalue weighted by Crippen LogP contribution is 2.32. The van der Waals surface area contributed by atoms with Crippen LogP contribution >= 0.6 is 0 Å². The van der Waals surface area contributed by atoms with Gasteiger partial charge in [0.1, 0.15) is 17.1 Å². The van der Waals surface area contributed by atoms with Gasteiger partial charge in [0.05, 0.1) is 12.7 Å². The average molecular weight is 456 g/mol. The predicted molar refractivity (Wildman–Crippen MR) is 122 cm³/mol. The number of ether oxygens (including phenoxy) is 1. The lowest BCUT2D eigenvalue weighted by Crippen LogP contribution is -2.14. The number of hydrogen-bond donors (Lipinski definition) is 1. The molecule has 3 aromatic carbocycles. The van der Waals surface area contributed by atoms with Crippen LogP contribution in [0, 0.1) is 5.82 Å². The highest BCUT2D eigenvalue weighted by Gasteiger charge is 2.25. The molecule has 34 heavy (non-hydrogen) atoms. The van der Waals surface area contributed by atoms with Crippen LogP contribution in [-0.4, -0.2) is 24.0 Å². The Morgan fingerprint density at radius 2 is 1.71 bits per heavy atom. The fourth-order valence-corrected chi connectivity index (χ4v) is 3.55. The number of methoxy groups -OCH3 is 1. The number of carbonyl (C=O) groups excluding carboxylic acids is 2. The number of para-hydroxylation sites is 1. The number of halogens is 1. The molecule has 1 amide bonds. The van der Waals surface area contributed by atoms with Gasteiger partial charge in [-0.3, -0.25) is 14.9 Å². The van der Waals surface area contributed by atoms with Crippen LogP contribution in [-0.2, 0) is 0 Å². The summed E-state index contributed by atoms with van der Waals surface area (Å²) in [7, 11) is 1.57. The third kappa shape index (κ3) is 3.93. The molecule has 5 aromatic rings. The van der Waals surface area contributed by atoms with Gasteiger partial charge in [-0.1, -0.05) is 23.4 Å². The number of benzene rings is 3. The summed E-state index contributed by atoms with van der Waals surface area (Å²) in [6, 6.07) is 20.6. The number of hydrogen-bond acceptors (Lipinski definition) is 6. The zero-order chi connectivity index (χ0) is 23.7.